The van der Waals surface area contributed by atoms with Gasteiger partial charge in [-0.05, 0) is 49.1 Å². The summed E-state index contributed by atoms with van der Waals surface area (Å²) in [7, 11) is 1.80. The highest BCUT2D eigenvalue weighted by atomic mass is 32.2. The summed E-state index contributed by atoms with van der Waals surface area (Å²) in [6.07, 6.45) is 3.10. The molecule has 0 amide bonds. The smallest absolute Gasteiger partial charge is 0.327 e. The molecule has 1 fully saturated rings. The highest BCUT2D eigenvalue weighted by Gasteiger charge is 2.51. The van der Waals surface area contributed by atoms with Crippen LogP contribution in [-0.2, 0) is 16.6 Å². The van der Waals surface area contributed by atoms with Gasteiger partial charge in [0.05, 0.1) is 6.61 Å². The van der Waals surface area contributed by atoms with Gasteiger partial charge in [-0.3, -0.25) is 4.79 Å². The molecule has 0 radical (unpaired) electrons. The van der Waals surface area contributed by atoms with Crippen LogP contribution in [-0.4, -0.2) is 50.6 Å². The number of hydrogen-bond donors (Lipinski definition) is 1. The molecule has 7 nitrogen and oxygen atoms in total. The summed E-state index contributed by atoms with van der Waals surface area (Å²) in [6, 6.07) is 0. The van der Waals surface area contributed by atoms with E-state index in [1.807, 2.05) is 6.92 Å². The molecule has 1 atom stereocenters. The van der Waals surface area contributed by atoms with E-state index in [9.17, 15) is 4.79 Å². The van der Waals surface area contributed by atoms with Crippen LogP contribution >= 0.6 is 11.8 Å². The molecule has 1 aromatic rings. The lowest BCUT2D eigenvalue weighted by atomic mass is 9.95. The predicted octanol–water partition coefficient (Wildman–Crippen LogP) is 1.01. The van der Waals surface area contributed by atoms with Crippen molar-refractivity contribution in [2.45, 2.75) is 43.8 Å². The molecule has 1 aromatic heterocycles. The fraction of sp³-hybridized carbons (Fsp3) is 0.846. The summed E-state index contributed by atoms with van der Waals surface area (Å²) < 4.78 is 6.95. The van der Waals surface area contributed by atoms with Gasteiger partial charge in [-0.1, -0.05) is 18.7 Å². The Morgan fingerprint density at radius 1 is 1.52 bits per heavy atom. The first-order valence-electron chi connectivity index (χ1n) is 7.41. The number of esters is 1. The van der Waals surface area contributed by atoms with Crippen molar-refractivity contribution in [2.24, 2.45) is 13.0 Å². The average Bonchev–Trinajstić information content (AvgIpc) is 3.24. The minimum absolute atomic E-state index is 0.149. The van der Waals surface area contributed by atoms with Crippen LogP contribution in [0, 0.1) is 5.92 Å². The number of thioether (sulfide) groups is 1. The van der Waals surface area contributed by atoms with Crippen LogP contribution in [0.25, 0.3) is 0 Å². The Bertz CT molecular complexity index is 477. The zero-order valence-corrected chi connectivity index (χ0v) is 13.7. The fourth-order valence-corrected chi connectivity index (χ4v) is 3.45. The zero-order valence-electron chi connectivity index (χ0n) is 12.8. The number of ether oxygens (including phenoxy) is 1. The van der Waals surface area contributed by atoms with Crippen LogP contribution in [0.1, 0.15) is 33.1 Å². The quantitative estimate of drug-likeness (QED) is 0.538. The molecule has 1 N–H and O–H groups in total. The highest BCUT2D eigenvalue weighted by Crippen LogP contribution is 2.43. The lowest BCUT2D eigenvalue weighted by Crippen LogP contribution is -2.57. The largest absolute Gasteiger partial charge is 0.465 e. The second-order valence-electron chi connectivity index (χ2n) is 5.27. The second kappa shape index (κ2) is 7.22. The van der Waals surface area contributed by atoms with Gasteiger partial charge in [0.2, 0.25) is 5.16 Å². The number of nitrogens with zero attached hydrogens (tertiary/aromatic N) is 4. The highest BCUT2D eigenvalue weighted by molar-refractivity contribution is 7.99. The topological polar surface area (TPSA) is 81.9 Å². The number of nitrogens with one attached hydrogen (secondary N) is 1. The van der Waals surface area contributed by atoms with Crippen LogP contribution in [0.15, 0.2) is 5.16 Å². The fourth-order valence-electron chi connectivity index (χ4n) is 2.32. The molecular formula is C13H23N5O2S. The van der Waals surface area contributed by atoms with Gasteiger partial charge in [-0.15, -0.1) is 5.10 Å². The van der Waals surface area contributed by atoms with Crippen molar-refractivity contribution in [3.63, 3.8) is 0 Å². The van der Waals surface area contributed by atoms with E-state index < -0.39 is 5.54 Å². The summed E-state index contributed by atoms with van der Waals surface area (Å²) in [5.41, 5.74) is -0.622. The maximum atomic E-state index is 12.5. The monoisotopic (exact) mass is 313 g/mol. The number of tetrazole rings is 1. The third-order valence-corrected chi connectivity index (χ3v) is 4.82. The summed E-state index contributed by atoms with van der Waals surface area (Å²) >= 11 is 1.50. The maximum absolute atomic E-state index is 12.5. The molecular weight excluding hydrogens is 290 g/mol. The van der Waals surface area contributed by atoms with Gasteiger partial charge in [0.1, 0.15) is 5.54 Å². The van der Waals surface area contributed by atoms with Gasteiger partial charge in [-0.2, -0.15) is 0 Å². The molecule has 0 spiro atoms. The van der Waals surface area contributed by atoms with Crippen molar-refractivity contribution >= 4 is 17.7 Å². The Kier molecular flexibility index (Phi) is 5.58. The first kappa shape index (κ1) is 16.2. The van der Waals surface area contributed by atoms with E-state index in [1.165, 1.54) is 11.8 Å². The van der Waals surface area contributed by atoms with Crippen molar-refractivity contribution in [1.82, 2.24) is 25.5 Å². The molecule has 2 rings (SSSR count). The lowest BCUT2D eigenvalue weighted by Gasteiger charge is -2.32. The molecule has 0 saturated heterocycles. The molecule has 0 aliphatic heterocycles. The van der Waals surface area contributed by atoms with E-state index in [0.29, 0.717) is 23.4 Å². The summed E-state index contributed by atoms with van der Waals surface area (Å²) in [6.45, 7) is 5.13. The van der Waals surface area contributed by atoms with E-state index in [1.54, 1.807) is 11.7 Å². The van der Waals surface area contributed by atoms with Gasteiger partial charge in [0.15, 0.2) is 0 Å². The second-order valence-corrected chi connectivity index (χ2v) is 6.21. The number of aromatic nitrogens is 4. The van der Waals surface area contributed by atoms with Crippen LogP contribution < -0.4 is 5.32 Å². The van der Waals surface area contributed by atoms with E-state index in [0.717, 1.165) is 25.8 Å². The Morgan fingerprint density at radius 3 is 2.81 bits per heavy atom. The van der Waals surface area contributed by atoms with Crippen LogP contribution in [0.3, 0.4) is 0 Å². The molecule has 1 aliphatic rings. The third kappa shape index (κ3) is 3.74. The molecule has 8 heteroatoms. The minimum Gasteiger partial charge on any atom is -0.465 e. The van der Waals surface area contributed by atoms with Crippen molar-refractivity contribution < 1.29 is 9.53 Å². The maximum Gasteiger partial charge on any atom is 0.327 e. The molecule has 0 aromatic carbocycles. The van der Waals surface area contributed by atoms with E-state index in [4.69, 9.17) is 4.74 Å². The number of hydrogen-bond acceptors (Lipinski definition) is 7. The molecule has 118 valence electrons. The first-order valence-corrected chi connectivity index (χ1v) is 8.40. The van der Waals surface area contributed by atoms with E-state index in [-0.39, 0.29) is 5.97 Å². The van der Waals surface area contributed by atoms with E-state index >= 15 is 0 Å². The summed E-state index contributed by atoms with van der Waals surface area (Å²) in [4.78, 5) is 12.5. The number of aryl methyl sites for hydroxylation is 1. The molecule has 0 bridgehead atoms. The number of rotatable bonds is 9. The van der Waals surface area contributed by atoms with Gasteiger partial charge in [0.25, 0.3) is 0 Å². The van der Waals surface area contributed by atoms with E-state index in [2.05, 4.69) is 27.8 Å². The molecule has 1 unspecified atom stereocenters. The van der Waals surface area contributed by atoms with Crippen molar-refractivity contribution in [3.8, 4) is 0 Å². The molecule has 1 aliphatic carbocycles. The van der Waals surface area contributed by atoms with Gasteiger partial charge >= 0.3 is 5.97 Å². The Hall–Kier alpha value is -1.15. The summed E-state index contributed by atoms with van der Waals surface area (Å²) in [5, 5.41) is 15.6. The molecule has 1 heterocycles. The zero-order chi connectivity index (χ0) is 15.3. The molecule has 21 heavy (non-hydrogen) atoms. The number of carbonyl (C=O) groups excluding carboxylic acids is 1. The predicted molar refractivity (Wildman–Crippen MR) is 79.9 cm³/mol. The van der Waals surface area contributed by atoms with Gasteiger partial charge < -0.3 is 10.1 Å². The lowest BCUT2D eigenvalue weighted by molar-refractivity contribution is -0.151. The van der Waals surface area contributed by atoms with Gasteiger partial charge in [0, 0.05) is 12.8 Å². The standard InChI is InChI=1S/C13H23N5O2S/c1-4-8-14-13(10-6-7-10,11(19)20-5-2)9-21-12-15-16-17-18(12)3/h10,14H,4-9H2,1-3H3. The van der Waals surface area contributed by atoms with Crippen LogP contribution in [0.4, 0.5) is 0 Å². The van der Waals surface area contributed by atoms with Gasteiger partial charge in [-0.25, -0.2) is 4.68 Å². The average molecular weight is 313 g/mol. The van der Waals surface area contributed by atoms with Crippen LogP contribution in [0.2, 0.25) is 0 Å². The third-order valence-electron chi connectivity index (χ3n) is 3.61. The first-order chi connectivity index (χ1) is 10.1. The Balaban J connectivity index is 2.12. The van der Waals surface area contributed by atoms with Crippen LogP contribution in [0.5, 0.6) is 0 Å². The summed E-state index contributed by atoms with van der Waals surface area (Å²) in [5.74, 6) is 0.783. The minimum atomic E-state index is -0.622. The molecule has 1 saturated carbocycles. The normalized spacial score (nSPS) is 17.5. The number of carbonyl (C=O) groups is 1. The SMILES string of the molecule is CCCNC(CSc1nnnn1C)(C(=O)OCC)C1CC1. The Morgan fingerprint density at radius 2 is 2.29 bits per heavy atom. The Labute approximate surface area is 129 Å². The van der Waals surface area contributed by atoms with Crippen molar-refractivity contribution in [3.05, 3.63) is 0 Å². The van der Waals surface area contributed by atoms with Crippen molar-refractivity contribution in [2.75, 3.05) is 18.9 Å². The van der Waals surface area contributed by atoms with Crippen molar-refractivity contribution in [1.29, 1.82) is 0 Å².